The van der Waals surface area contributed by atoms with Gasteiger partial charge < -0.3 is 16.5 Å². The predicted octanol–water partition coefficient (Wildman–Crippen LogP) is 1.17. The third-order valence-electron chi connectivity index (χ3n) is 2.63. The van der Waals surface area contributed by atoms with Crippen molar-refractivity contribution in [3.8, 4) is 0 Å². The van der Waals surface area contributed by atoms with E-state index in [1.54, 1.807) is 0 Å². The summed E-state index contributed by atoms with van der Waals surface area (Å²) >= 11 is 0. The summed E-state index contributed by atoms with van der Waals surface area (Å²) in [6.07, 6.45) is 2.01. The van der Waals surface area contributed by atoms with Gasteiger partial charge in [0, 0.05) is 36.1 Å². The molecule has 0 spiro atoms. The Morgan fingerprint density at radius 2 is 1.86 bits per heavy atom. The molecule has 0 bridgehead atoms. The van der Waals surface area contributed by atoms with Crippen molar-refractivity contribution in [1.82, 2.24) is 4.98 Å². The number of hydrogen-bond donors (Lipinski definition) is 3. The summed E-state index contributed by atoms with van der Waals surface area (Å²) in [5.74, 6) is 0.256. The summed E-state index contributed by atoms with van der Waals surface area (Å²) < 4.78 is 0. The number of rotatable bonds is 3. The van der Waals surface area contributed by atoms with E-state index in [4.69, 9.17) is 11.5 Å². The summed E-state index contributed by atoms with van der Waals surface area (Å²) in [5, 5.41) is 1.23. The van der Waals surface area contributed by atoms with E-state index in [9.17, 15) is 0 Å². The number of nitrogens with two attached hydrogens (primary N) is 2. The monoisotopic (exact) mass is 189 g/mol. The van der Waals surface area contributed by atoms with Crippen LogP contribution in [0.2, 0.25) is 0 Å². The van der Waals surface area contributed by atoms with Gasteiger partial charge in [-0.15, -0.1) is 0 Å². The third-order valence-corrected chi connectivity index (χ3v) is 2.63. The van der Waals surface area contributed by atoms with Gasteiger partial charge in [-0.1, -0.05) is 18.2 Å². The summed E-state index contributed by atoms with van der Waals surface area (Å²) in [5.41, 5.74) is 13.7. The fraction of sp³-hybridized carbons (Fsp3) is 0.273. The largest absolute Gasteiger partial charge is 0.361 e. The Balaban J connectivity index is 2.51. The molecule has 0 atom stereocenters. The van der Waals surface area contributed by atoms with Crippen molar-refractivity contribution in [1.29, 1.82) is 0 Å². The van der Waals surface area contributed by atoms with E-state index in [-0.39, 0.29) is 5.92 Å². The Hall–Kier alpha value is -1.32. The topological polar surface area (TPSA) is 67.8 Å². The molecule has 0 saturated heterocycles. The van der Waals surface area contributed by atoms with E-state index in [0.717, 1.165) is 5.52 Å². The first-order valence-corrected chi connectivity index (χ1v) is 4.83. The number of nitrogens with one attached hydrogen (secondary N) is 1. The second-order valence-electron chi connectivity index (χ2n) is 3.46. The number of hydrogen-bond acceptors (Lipinski definition) is 2. The smallest absolute Gasteiger partial charge is 0.0456 e. The summed E-state index contributed by atoms with van der Waals surface area (Å²) in [6.45, 7) is 1.19. The molecule has 2 rings (SSSR count). The second-order valence-corrected chi connectivity index (χ2v) is 3.46. The molecule has 0 aliphatic carbocycles. The molecule has 0 amide bonds. The molecule has 14 heavy (non-hydrogen) atoms. The van der Waals surface area contributed by atoms with Crippen molar-refractivity contribution < 1.29 is 0 Å². The van der Waals surface area contributed by atoms with E-state index >= 15 is 0 Å². The average molecular weight is 189 g/mol. The van der Waals surface area contributed by atoms with Crippen LogP contribution in [0, 0.1) is 0 Å². The number of para-hydroxylation sites is 1. The Bertz CT molecular complexity index is 415. The Morgan fingerprint density at radius 3 is 2.57 bits per heavy atom. The van der Waals surface area contributed by atoms with Gasteiger partial charge in [0.25, 0.3) is 0 Å². The molecule has 0 aliphatic heterocycles. The quantitative estimate of drug-likeness (QED) is 0.678. The van der Waals surface area contributed by atoms with E-state index in [0.29, 0.717) is 13.1 Å². The predicted molar refractivity (Wildman–Crippen MR) is 59.1 cm³/mol. The number of fused-ring (bicyclic) bond motifs is 1. The molecule has 0 aliphatic rings. The Labute approximate surface area is 83.1 Å². The van der Waals surface area contributed by atoms with Gasteiger partial charge in [0.15, 0.2) is 0 Å². The number of benzene rings is 1. The molecule has 3 nitrogen and oxygen atoms in total. The van der Waals surface area contributed by atoms with Gasteiger partial charge in [-0.05, 0) is 11.6 Å². The minimum Gasteiger partial charge on any atom is -0.361 e. The number of H-pyrrole nitrogens is 1. The molecule has 3 heteroatoms. The van der Waals surface area contributed by atoms with Crippen LogP contribution >= 0.6 is 0 Å². The van der Waals surface area contributed by atoms with Gasteiger partial charge >= 0.3 is 0 Å². The molecule has 2 aromatic rings. The highest BCUT2D eigenvalue weighted by Gasteiger charge is 2.11. The zero-order valence-corrected chi connectivity index (χ0v) is 8.03. The molecule has 0 saturated carbocycles. The van der Waals surface area contributed by atoms with Crippen LogP contribution in [-0.2, 0) is 0 Å². The maximum Gasteiger partial charge on any atom is 0.0456 e. The molecule has 1 aromatic carbocycles. The summed E-state index contributed by atoms with van der Waals surface area (Å²) in [6, 6.07) is 8.20. The third kappa shape index (κ3) is 1.41. The van der Waals surface area contributed by atoms with Crippen LogP contribution in [0.3, 0.4) is 0 Å². The van der Waals surface area contributed by atoms with Crippen molar-refractivity contribution >= 4 is 10.9 Å². The molecule has 1 aromatic heterocycles. The highest BCUT2D eigenvalue weighted by atomic mass is 14.7. The van der Waals surface area contributed by atoms with Crippen LogP contribution in [0.5, 0.6) is 0 Å². The average Bonchev–Trinajstić information content (AvgIpc) is 2.65. The van der Waals surface area contributed by atoms with Gasteiger partial charge in [0.1, 0.15) is 0 Å². The molecule has 1 heterocycles. The lowest BCUT2D eigenvalue weighted by Gasteiger charge is -2.10. The molecule has 74 valence electrons. The zero-order valence-electron chi connectivity index (χ0n) is 8.03. The SMILES string of the molecule is NCC(CN)c1c[nH]c2ccccc12. The zero-order chi connectivity index (χ0) is 9.97. The highest BCUT2D eigenvalue weighted by Crippen LogP contribution is 2.23. The Morgan fingerprint density at radius 1 is 1.14 bits per heavy atom. The van der Waals surface area contributed by atoms with Crippen molar-refractivity contribution in [3.63, 3.8) is 0 Å². The van der Waals surface area contributed by atoms with Crippen LogP contribution in [0.25, 0.3) is 10.9 Å². The van der Waals surface area contributed by atoms with Crippen molar-refractivity contribution in [2.24, 2.45) is 11.5 Å². The summed E-state index contributed by atoms with van der Waals surface area (Å²) in [7, 11) is 0. The van der Waals surface area contributed by atoms with E-state index < -0.39 is 0 Å². The van der Waals surface area contributed by atoms with Gasteiger partial charge in [0.05, 0.1) is 0 Å². The lowest BCUT2D eigenvalue weighted by molar-refractivity contribution is 0.713. The molecular formula is C11H15N3. The molecule has 5 N–H and O–H groups in total. The maximum atomic E-state index is 5.67. The molecule has 0 fully saturated rings. The summed E-state index contributed by atoms with van der Waals surface area (Å²) in [4.78, 5) is 3.23. The normalized spacial score (nSPS) is 11.4. The van der Waals surface area contributed by atoms with Crippen molar-refractivity contribution in [3.05, 3.63) is 36.0 Å². The minimum absolute atomic E-state index is 0.256. The number of aromatic amines is 1. The highest BCUT2D eigenvalue weighted by molar-refractivity contribution is 5.83. The first-order valence-electron chi connectivity index (χ1n) is 4.83. The van der Waals surface area contributed by atoms with Crippen molar-refractivity contribution in [2.45, 2.75) is 5.92 Å². The molecule has 0 unspecified atom stereocenters. The van der Waals surface area contributed by atoms with E-state index in [1.807, 2.05) is 18.3 Å². The maximum absolute atomic E-state index is 5.67. The molecular weight excluding hydrogens is 174 g/mol. The van der Waals surface area contributed by atoms with Crippen molar-refractivity contribution in [2.75, 3.05) is 13.1 Å². The van der Waals surface area contributed by atoms with Crippen LogP contribution in [0.15, 0.2) is 30.5 Å². The minimum atomic E-state index is 0.256. The van der Waals surface area contributed by atoms with Crippen LogP contribution in [0.1, 0.15) is 11.5 Å². The second kappa shape index (κ2) is 3.82. The van der Waals surface area contributed by atoms with Crippen LogP contribution in [-0.4, -0.2) is 18.1 Å². The van der Waals surface area contributed by atoms with Crippen LogP contribution < -0.4 is 11.5 Å². The first-order chi connectivity index (χ1) is 6.86. The lowest BCUT2D eigenvalue weighted by Crippen LogP contribution is -2.20. The fourth-order valence-electron chi connectivity index (χ4n) is 1.78. The van der Waals surface area contributed by atoms with Gasteiger partial charge in [-0.2, -0.15) is 0 Å². The van der Waals surface area contributed by atoms with Gasteiger partial charge in [-0.25, -0.2) is 0 Å². The van der Waals surface area contributed by atoms with E-state index in [1.165, 1.54) is 10.9 Å². The number of aromatic nitrogens is 1. The van der Waals surface area contributed by atoms with Gasteiger partial charge in [0.2, 0.25) is 0 Å². The Kier molecular flexibility index (Phi) is 2.52. The van der Waals surface area contributed by atoms with E-state index in [2.05, 4.69) is 17.1 Å². The lowest BCUT2D eigenvalue weighted by atomic mass is 9.99. The first kappa shape index (κ1) is 9.24. The standard InChI is InChI=1S/C11H15N3/c12-5-8(6-13)10-7-14-11-4-2-1-3-9(10)11/h1-4,7-8,14H,5-6,12-13H2. The van der Waals surface area contributed by atoms with Gasteiger partial charge in [-0.3, -0.25) is 0 Å². The van der Waals surface area contributed by atoms with Crippen LogP contribution in [0.4, 0.5) is 0 Å². The molecule has 0 radical (unpaired) electrons. The fourth-order valence-corrected chi connectivity index (χ4v) is 1.78.